The van der Waals surface area contributed by atoms with Crippen LogP contribution in [0.3, 0.4) is 0 Å². The fourth-order valence-electron chi connectivity index (χ4n) is 3.23. The van der Waals surface area contributed by atoms with E-state index in [0.29, 0.717) is 24.1 Å². The quantitative estimate of drug-likeness (QED) is 0.323. The summed E-state index contributed by atoms with van der Waals surface area (Å²) in [6, 6.07) is 9.36. The number of halogens is 4. The summed E-state index contributed by atoms with van der Waals surface area (Å²) in [6.07, 6.45) is -4.72. The monoisotopic (exact) mass is 570 g/mol. The molecule has 2 N–H and O–H groups in total. The second kappa shape index (κ2) is 11.8. The van der Waals surface area contributed by atoms with Gasteiger partial charge in [0.2, 0.25) is 11.8 Å². The Hall–Kier alpha value is -3.71. The number of hydrogen-bond acceptors (Lipinski definition) is 7. The lowest BCUT2D eigenvalue weighted by atomic mass is 10.2. The minimum atomic E-state index is -4.72. The number of aromatic hydroxyl groups is 1. The van der Waals surface area contributed by atoms with Crippen LogP contribution in [0.1, 0.15) is 18.1 Å². The van der Waals surface area contributed by atoms with Crippen LogP contribution in [0.15, 0.2) is 57.0 Å². The van der Waals surface area contributed by atoms with Crippen molar-refractivity contribution < 1.29 is 27.8 Å². The highest BCUT2D eigenvalue weighted by molar-refractivity contribution is 8.15. The highest BCUT2D eigenvalue weighted by Gasteiger charge is 2.33. The molecule has 0 fully saturated rings. The van der Waals surface area contributed by atoms with Gasteiger partial charge in [-0.05, 0) is 49.4 Å². The Balaban J connectivity index is 1.95. The van der Waals surface area contributed by atoms with Crippen LogP contribution in [0.2, 0.25) is 5.02 Å². The van der Waals surface area contributed by atoms with Gasteiger partial charge in [-0.2, -0.15) is 13.2 Å². The Bertz CT molecular complexity index is 1500. The van der Waals surface area contributed by atoms with Crippen molar-refractivity contribution in [3.8, 4) is 11.6 Å². The number of aliphatic imine (C=N–C) groups is 1. The normalized spacial score (nSPS) is 11.9. The second-order valence-electron chi connectivity index (χ2n) is 7.78. The fraction of sp³-hybridized carbons (Fsp3) is 0.250. The molecule has 0 radical (unpaired) electrons. The minimum Gasteiger partial charge on any atom is -0.494 e. The first kappa shape index (κ1) is 28.9. The third-order valence-corrected chi connectivity index (χ3v) is 6.43. The predicted molar refractivity (Wildman–Crippen MR) is 140 cm³/mol. The van der Waals surface area contributed by atoms with Gasteiger partial charge in [0.1, 0.15) is 16.4 Å². The van der Waals surface area contributed by atoms with Gasteiger partial charge in [0.25, 0.3) is 5.56 Å². The molecule has 202 valence electrons. The number of nitrogens with one attached hydrogen (secondary N) is 1. The fourth-order valence-corrected chi connectivity index (χ4v) is 4.29. The van der Waals surface area contributed by atoms with E-state index in [1.165, 1.54) is 20.2 Å². The van der Waals surface area contributed by atoms with Crippen LogP contribution in [0.5, 0.6) is 11.6 Å². The number of carbonyl (C=O) groups is 1. The van der Waals surface area contributed by atoms with E-state index in [1.54, 1.807) is 24.3 Å². The maximum absolute atomic E-state index is 13.1. The molecule has 1 amide bonds. The summed E-state index contributed by atoms with van der Waals surface area (Å²) in [7, 11) is 2.48. The Kier molecular flexibility index (Phi) is 8.94. The molecule has 0 spiro atoms. The van der Waals surface area contributed by atoms with Crippen molar-refractivity contribution in [2.45, 2.75) is 13.1 Å². The first-order chi connectivity index (χ1) is 17.8. The van der Waals surface area contributed by atoms with Gasteiger partial charge < -0.3 is 15.2 Å². The molecule has 2 aromatic carbocycles. The highest BCUT2D eigenvalue weighted by Crippen LogP contribution is 2.36. The Morgan fingerprint density at radius 3 is 2.39 bits per heavy atom. The number of hydrogen-bond donors (Lipinski definition) is 2. The molecule has 0 aliphatic carbocycles. The van der Waals surface area contributed by atoms with E-state index in [4.69, 9.17) is 16.3 Å². The summed E-state index contributed by atoms with van der Waals surface area (Å²) in [5.74, 6) is -1.21. The molecule has 3 aromatic rings. The van der Waals surface area contributed by atoms with Crippen molar-refractivity contribution in [1.29, 1.82) is 0 Å². The summed E-state index contributed by atoms with van der Waals surface area (Å²) < 4.78 is 46.4. The lowest BCUT2D eigenvalue weighted by molar-refractivity contribution is -0.137. The summed E-state index contributed by atoms with van der Waals surface area (Å²) in [6.45, 7) is 2.26. The van der Waals surface area contributed by atoms with Gasteiger partial charge in [-0.25, -0.2) is 9.79 Å². The molecule has 0 saturated carbocycles. The summed E-state index contributed by atoms with van der Waals surface area (Å²) in [5.41, 5.74) is -2.86. The van der Waals surface area contributed by atoms with E-state index in [9.17, 15) is 32.7 Å². The number of ether oxygens (including phenoxy) is 1. The van der Waals surface area contributed by atoms with Crippen LogP contribution in [0.25, 0.3) is 0 Å². The molecule has 9 nitrogen and oxygen atoms in total. The highest BCUT2D eigenvalue weighted by atomic mass is 35.5. The van der Waals surface area contributed by atoms with Crippen molar-refractivity contribution in [2.24, 2.45) is 19.1 Å². The first-order valence-electron chi connectivity index (χ1n) is 10.9. The number of anilines is 1. The molecular formula is C24H22ClF3N4O5S. The number of thioether (sulfide) groups is 1. The summed E-state index contributed by atoms with van der Waals surface area (Å²) in [5, 5.41) is 12.3. The molecule has 0 atom stereocenters. The lowest BCUT2D eigenvalue weighted by Gasteiger charge is -2.13. The molecular weight excluding hydrogens is 549 g/mol. The van der Waals surface area contributed by atoms with Gasteiger partial charge in [-0.1, -0.05) is 23.4 Å². The SMILES string of the molecule is CCOc1ccc(N=C(SCC(=O)Nc2ccc(Cl)c(C(F)(F)F)c2)c2c(O)n(C)c(=O)n(C)c2=O)cc1. The van der Waals surface area contributed by atoms with E-state index in [2.05, 4.69) is 10.3 Å². The standard InChI is InChI=1S/C24H22ClF3N4O5S/c1-4-37-15-8-5-13(6-9-15)30-20(19-21(34)31(2)23(36)32(3)22(19)35)38-12-18(33)29-14-7-10-17(25)16(11-14)24(26,27)28/h5-11,34H,4,12H2,1-3H3,(H,29,33). The van der Waals surface area contributed by atoms with Crippen molar-refractivity contribution in [2.75, 3.05) is 17.7 Å². The molecule has 0 saturated heterocycles. The Morgan fingerprint density at radius 1 is 1.13 bits per heavy atom. The van der Waals surface area contributed by atoms with Crippen molar-refractivity contribution in [3.63, 3.8) is 0 Å². The average Bonchev–Trinajstić information content (AvgIpc) is 2.86. The van der Waals surface area contributed by atoms with E-state index < -0.39 is 45.6 Å². The van der Waals surface area contributed by atoms with Gasteiger partial charge in [0.05, 0.1) is 28.6 Å². The van der Waals surface area contributed by atoms with Crippen LogP contribution in [0, 0.1) is 0 Å². The van der Waals surface area contributed by atoms with Gasteiger partial charge in [0.15, 0.2) is 0 Å². The Morgan fingerprint density at radius 2 is 1.79 bits per heavy atom. The smallest absolute Gasteiger partial charge is 0.417 e. The molecule has 3 rings (SSSR count). The van der Waals surface area contributed by atoms with Gasteiger partial charge in [-0.15, -0.1) is 0 Å². The number of alkyl halides is 3. The molecule has 0 aliphatic rings. The van der Waals surface area contributed by atoms with Crippen LogP contribution in [-0.4, -0.2) is 37.6 Å². The minimum absolute atomic E-state index is 0.0925. The molecule has 0 aliphatic heterocycles. The lowest BCUT2D eigenvalue weighted by Crippen LogP contribution is -2.39. The van der Waals surface area contributed by atoms with Gasteiger partial charge >= 0.3 is 11.9 Å². The van der Waals surface area contributed by atoms with E-state index in [1.807, 2.05) is 6.92 Å². The van der Waals surface area contributed by atoms with Crippen LogP contribution in [-0.2, 0) is 25.1 Å². The maximum Gasteiger partial charge on any atom is 0.417 e. The summed E-state index contributed by atoms with van der Waals surface area (Å²) >= 11 is 6.36. The Labute approximate surface area is 223 Å². The second-order valence-corrected chi connectivity index (χ2v) is 9.15. The molecule has 0 unspecified atom stereocenters. The molecule has 1 heterocycles. The first-order valence-corrected chi connectivity index (χ1v) is 12.3. The zero-order valence-electron chi connectivity index (χ0n) is 20.3. The number of aromatic nitrogens is 2. The number of benzene rings is 2. The van der Waals surface area contributed by atoms with Crippen LogP contribution < -0.4 is 21.3 Å². The van der Waals surface area contributed by atoms with Crippen LogP contribution in [0.4, 0.5) is 24.5 Å². The van der Waals surface area contributed by atoms with E-state index in [0.717, 1.165) is 27.0 Å². The van der Waals surface area contributed by atoms with Crippen molar-refractivity contribution in [1.82, 2.24) is 9.13 Å². The summed E-state index contributed by atoms with van der Waals surface area (Å²) in [4.78, 5) is 42.1. The van der Waals surface area contributed by atoms with Crippen LogP contribution >= 0.6 is 23.4 Å². The van der Waals surface area contributed by atoms with Gasteiger partial charge in [0, 0.05) is 19.8 Å². The van der Waals surface area contributed by atoms with E-state index >= 15 is 0 Å². The average molecular weight is 571 g/mol. The largest absolute Gasteiger partial charge is 0.494 e. The number of carbonyl (C=O) groups excluding carboxylic acids is 1. The number of amides is 1. The third-order valence-electron chi connectivity index (χ3n) is 5.12. The molecule has 1 aromatic heterocycles. The molecule has 14 heteroatoms. The third kappa shape index (κ3) is 6.58. The number of rotatable bonds is 7. The zero-order chi connectivity index (χ0) is 28.2. The van der Waals surface area contributed by atoms with Crippen molar-refractivity contribution in [3.05, 3.63) is 79.5 Å². The maximum atomic E-state index is 13.1. The number of nitrogens with zero attached hydrogens (tertiary/aromatic N) is 3. The zero-order valence-corrected chi connectivity index (χ0v) is 21.9. The predicted octanol–water partition coefficient (Wildman–Crippen LogP) is 4.31. The molecule has 38 heavy (non-hydrogen) atoms. The molecule has 0 bridgehead atoms. The van der Waals surface area contributed by atoms with Gasteiger partial charge in [-0.3, -0.25) is 18.7 Å². The topological polar surface area (TPSA) is 115 Å². The van der Waals surface area contributed by atoms with E-state index in [-0.39, 0.29) is 16.3 Å². The van der Waals surface area contributed by atoms with Crippen molar-refractivity contribution >= 4 is 45.7 Å².